The first kappa shape index (κ1) is 13.9. The number of likely N-dealkylation sites (N-methyl/N-ethyl adjacent to an activating group) is 1. The minimum absolute atomic E-state index is 0.819. The van der Waals surface area contributed by atoms with Crippen LogP contribution in [0.25, 0.3) is 0 Å². The van der Waals surface area contributed by atoms with Crippen LogP contribution in [-0.4, -0.2) is 55.1 Å². The van der Waals surface area contributed by atoms with Crippen LogP contribution in [0.5, 0.6) is 0 Å². The smallest absolute Gasteiger partial charge is 0.0112 e. The normalized spacial score (nSPS) is 22.1. The Morgan fingerprint density at radius 1 is 1.31 bits per heavy atom. The number of nitrogens with zero attached hydrogens (tertiary/aromatic N) is 2. The maximum atomic E-state index is 5.59. The number of nitrogens with two attached hydrogens (primary N) is 1. The molecule has 3 heteroatoms. The zero-order valence-corrected chi connectivity index (χ0v) is 11.1. The average Bonchev–Trinajstić information content (AvgIpc) is 2.75. The molecular weight excluding hydrogens is 198 g/mol. The summed E-state index contributed by atoms with van der Waals surface area (Å²) in [6.45, 7) is 11.5. The fraction of sp³-hybridized carbons (Fsp3) is 1.00. The molecule has 0 amide bonds. The van der Waals surface area contributed by atoms with Gasteiger partial charge in [-0.2, -0.15) is 0 Å². The van der Waals surface area contributed by atoms with Crippen LogP contribution in [0.15, 0.2) is 0 Å². The quantitative estimate of drug-likeness (QED) is 0.682. The lowest BCUT2D eigenvalue weighted by molar-refractivity contribution is 0.195. The molecule has 1 rings (SSSR count). The van der Waals surface area contributed by atoms with Crippen LogP contribution in [0.2, 0.25) is 0 Å². The molecule has 1 saturated heterocycles. The molecule has 0 aromatic heterocycles. The maximum absolute atomic E-state index is 5.59. The molecule has 1 aliphatic rings. The van der Waals surface area contributed by atoms with Crippen molar-refractivity contribution in [2.45, 2.75) is 45.6 Å². The van der Waals surface area contributed by atoms with Gasteiger partial charge in [0.25, 0.3) is 0 Å². The molecule has 0 aromatic rings. The molecule has 16 heavy (non-hydrogen) atoms. The predicted molar refractivity (Wildman–Crippen MR) is 70.7 cm³/mol. The van der Waals surface area contributed by atoms with E-state index in [1.807, 2.05) is 0 Å². The number of hydrogen-bond donors (Lipinski definition) is 1. The van der Waals surface area contributed by atoms with E-state index in [1.165, 1.54) is 58.4 Å². The van der Waals surface area contributed by atoms with Crippen LogP contribution in [-0.2, 0) is 0 Å². The third-order valence-electron chi connectivity index (χ3n) is 3.84. The number of rotatable bonds is 8. The standard InChI is InChI=1S/C13H29N3/c1-3-15(4-2)11-12-16-10-6-8-13(16)7-5-9-14/h13H,3-12,14H2,1-2H3. The lowest BCUT2D eigenvalue weighted by Gasteiger charge is -2.27. The van der Waals surface area contributed by atoms with Crippen molar-refractivity contribution in [1.29, 1.82) is 0 Å². The third kappa shape index (κ3) is 4.40. The molecule has 0 spiro atoms. The van der Waals surface area contributed by atoms with Gasteiger partial charge in [-0.3, -0.25) is 4.90 Å². The zero-order valence-electron chi connectivity index (χ0n) is 11.1. The Bertz CT molecular complexity index is 169. The van der Waals surface area contributed by atoms with Crippen molar-refractivity contribution in [3.05, 3.63) is 0 Å². The Labute approximate surface area is 101 Å². The summed E-state index contributed by atoms with van der Waals surface area (Å²) in [4.78, 5) is 5.19. The van der Waals surface area contributed by atoms with Crippen molar-refractivity contribution >= 4 is 0 Å². The van der Waals surface area contributed by atoms with Gasteiger partial charge in [-0.25, -0.2) is 0 Å². The molecule has 3 nitrogen and oxygen atoms in total. The van der Waals surface area contributed by atoms with E-state index in [4.69, 9.17) is 5.73 Å². The van der Waals surface area contributed by atoms with Gasteiger partial charge in [-0.1, -0.05) is 13.8 Å². The minimum Gasteiger partial charge on any atom is -0.330 e. The maximum Gasteiger partial charge on any atom is 0.0112 e. The summed E-state index contributed by atoms with van der Waals surface area (Å²) in [6.07, 6.45) is 5.26. The van der Waals surface area contributed by atoms with Crippen LogP contribution >= 0.6 is 0 Å². The highest BCUT2D eigenvalue weighted by Crippen LogP contribution is 2.20. The van der Waals surface area contributed by atoms with E-state index >= 15 is 0 Å². The molecule has 0 bridgehead atoms. The summed E-state index contributed by atoms with van der Waals surface area (Å²) in [7, 11) is 0. The Kier molecular flexibility index (Phi) is 7.01. The molecule has 1 fully saturated rings. The largest absolute Gasteiger partial charge is 0.330 e. The van der Waals surface area contributed by atoms with E-state index < -0.39 is 0 Å². The van der Waals surface area contributed by atoms with Crippen molar-refractivity contribution in [2.24, 2.45) is 5.73 Å². The van der Waals surface area contributed by atoms with Gasteiger partial charge in [0.15, 0.2) is 0 Å². The van der Waals surface area contributed by atoms with E-state index in [-0.39, 0.29) is 0 Å². The minimum atomic E-state index is 0.819. The van der Waals surface area contributed by atoms with Crippen molar-refractivity contribution in [2.75, 3.05) is 39.3 Å². The second-order valence-electron chi connectivity index (χ2n) is 4.79. The van der Waals surface area contributed by atoms with Crippen LogP contribution in [0.4, 0.5) is 0 Å². The monoisotopic (exact) mass is 227 g/mol. The van der Waals surface area contributed by atoms with Crippen molar-refractivity contribution < 1.29 is 0 Å². The fourth-order valence-corrected chi connectivity index (χ4v) is 2.68. The molecule has 1 atom stereocenters. The first-order valence-corrected chi connectivity index (χ1v) is 6.98. The average molecular weight is 227 g/mol. The van der Waals surface area contributed by atoms with Gasteiger partial charge in [-0.05, 0) is 51.9 Å². The fourth-order valence-electron chi connectivity index (χ4n) is 2.68. The summed E-state index contributed by atoms with van der Waals surface area (Å²) in [5.74, 6) is 0. The van der Waals surface area contributed by atoms with Gasteiger partial charge in [0.05, 0.1) is 0 Å². The van der Waals surface area contributed by atoms with Crippen molar-refractivity contribution in [3.8, 4) is 0 Å². The van der Waals surface area contributed by atoms with Crippen LogP contribution in [0.3, 0.4) is 0 Å². The number of hydrogen-bond acceptors (Lipinski definition) is 3. The second-order valence-corrected chi connectivity index (χ2v) is 4.79. The topological polar surface area (TPSA) is 32.5 Å². The molecule has 0 radical (unpaired) electrons. The Balaban J connectivity index is 2.23. The lowest BCUT2D eigenvalue weighted by atomic mass is 10.1. The van der Waals surface area contributed by atoms with Gasteiger partial charge in [-0.15, -0.1) is 0 Å². The van der Waals surface area contributed by atoms with Gasteiger partial charge in [0, 0.05) is 19.1 Å². The third-order valence-corrected chi connectivity index (χ3v) is 3.84. The summed E-state index contributed by atoms with van der Waals surface area (Å²) in [5, 5.41) is 0. The van der Waals surface area contributed by atoms with E-state index in [0.717, 1.165) is 12.6 Å². The molecule has 1 unspecified atom stereocenters. The van der Waals surface area contributed by atoms with Crippen LogP contribution in [0.1, 0.15) is 39.5 Å². The first-order chi connectivity index (χ1) is 7.81. The van der Waals surface area contributed by atoms with Crippen molar-refractivity contribution in [3.63, 3.8) is 0 Å². The zero-order chi connectivity index (χ0) is 11.8. The van der Waals surface area contributed by atoms with E-state index in [1.54, 1.807) is 0 Å². The van der Waals surface area contributed by atoms with Crippen molar-refractivity contribution in [1.82, 2.24) is 9.80 Å². The van der Waals surface area contributed by atoms with Crippen LogP contribution in [0, 0.1) is 0 Å². The summed E-state index contributed by atoms with van der Waals surface area (Å²) in [6, 6.07) is 0.819. The highest BCUT2D eigenvalue weighted by Gasteiger charge is 2.23. The summed E-state index contributed by atoms with van der Waals surface area (Å²) in [5.41, 5.74) is 5.59. The Morgan fingerprint density at radius 3 is 2.69 bits per heavy atom. The molecular formula is C13H29N3. The molecule has 1 heterocycles. The molecule has 96 valence electrons. The highest BCUT2D eigenvalue weighted by molar-refractivity contribution is 4.79. The van der Waals surface area contributed by atoms with Gasteiger partial charge >= 0.3 is 0 Å². The highest BCUT2D eigenvalue weighted by atomic mass is 15.2. The van der Waals surface area contributed by atoms with E-state index in [9.17, 15) is 0 Å². The molecule has 0 saturated carbocycles. The SMILES string of the molecule is CCN(CC)CCN1CCCC1CCCN. The second kappa shape index (κ2) is 8.04. The first-order valence-electron chi connectivity index (χ1n) is 6.98. The van der Waals surface area contributed by atoms with Crippen LogP contribution < -0.4 is 5.73 Å². The number of likely N-dealkylation sites (tertiary alicyclic amines) is 1. The van der Waals surface area contributed by atoms with E-state index in [2.05, 4.69) is 23.6 Å². The predicted octanol–water partition coefficient (Wildman–Crippen LogP) is 1.53. The Morgan fingerprint density at radius 2 is 2.06 bits per heavy atom. The molecule has 0 aliphatic carbocycles. The van der Waals surface area contributed by atoms with Gasteiger partial charge in [0.2, 0.25) is 0 Å². The Hall–Kier alpha value is -0.120. The molecule has 2 N–H and O–H groups in total. The van der Waals surface area contributed by atoms with Gasteiger partial charge in [0.1, 0.15) is 0 Å². The van der Waals surface area contributed by atoms with Gasteiger partial charge < -0.3 is 10.6 Å². The molecule has 0 aromatic carbocycles. The lowest BCUT2D eigenvalue weighted by Crippen LogP contribution is -2.37. The summed E-state index contributed by atoms with van der Waals surface area (Å²) < 4.78 is 0. The molecule has 1 aliphatic heterocycles. The van der Waals surface area contributed by atoms with E-state index in [0.29, 0.717) is 0 Å². The summed E-state index contributed by atoms with van der Waals surface area (Å²) >= 11 is 0.